The Balaban J connectivity index is 3.94. The van der Waals surface area contributed by atoms with E-state index in [9.17, 15) is 4.79 Å². The molecule has 17 heavy (non-hydrogen) atoms. The second-order valence-corrected chi connectivity index (χ2v) is 4.64. The zero-order valence-corrected chi connectivity index (χ0v) is 12.0. The molecule has 1 unspecified atom stereocenters. The Bertz CT molecular complexity index is 195. The third kappa shape index (κ3) is 8.19. The topological polar surface area (TPSA) is 29.5 Å². The van der Waals surface area contributed by atoms with Crippen LogP contribution < -0.4 is 0 Å². The summed E-state index contributed by atoms with van der Waals surface area (Å²) in [5.74, 6) is 0.664. The van der Waals surface area contributed by atoms with E-state index >= 15 is 0 Å². The van der Waals surface area contributed by atoms with E-state index in [4.69, 9.17) is 0 Å². The van der Waals surface area contributed by atoms with Crippen molar-refractivity contribution < 1.29 is 9.53 Å². The lowest BCUT2D eigenvalue weighted by Crippen LogP contribution is -2.31. The highest BCUT2D eigenvalue weighted by Gasteiger charge is 2.12. The van der Waals surface area contributed by atoms with E-state index in [1.54, 1.807) is 0 Å². The van der Waals surface area contributed by atoms with Crippen molar-refractivity contribution in [2.75, 3.05) is 26.7 Å². The van der Waals surface area contributed by atoms with Crippen LogP contribution in [0.25, 0.3) is 0 Å². The SMILES string of the molecule is CCCCC(CC)CN(CC)CCC(=O)OC. The summed E-state index contributed by atoms with van der Waals surface area (Å²) in [6.45, 7) is 9.61. The summed E-state index contributed by atoms with van der Waals surface area (Å²) in [7, 11) is 1.45. The lowest BCUT2D eigenvalue weighted by atomic mass is 9.98. The van der Waals surface area contributed by atoms with Crippen LogP contribution in [0.5, 0.6) is 0 Å². The lowest BCUT2D eigenvalue weighted by Gasteiger charge is -2.25. The largest absolute Gasteiger partial charge is 0.469 e. The summed E-state index contributed by atoms with van der Waals surface area (Å²) >= 11 is 0. The van der Waals surface area contributed by atoms with Crippen LogP contribution in [-0.4, -0.2) is 37.6 Å². The Morgan fingerprint density at radius 1 is 1.29 bits per heavy atom. The molecule has 3 nitrogen and oxygen atoms in total. The monoisotopic (exact) mass is 243 g/mol. The van der Waals surface area contributed by atoms with E-state index in [2.05, 4.69) is 30.4 Å². The zero-order chi connectivity index (χ0) is 13.1. The van der Waals surface area contributed by atoms with Crippen LogP contribution >= 0.6 is 0 Å². The number of nitrogens with zero attached hydrogens (tertiary/aromatic N) is 1. The number of hydrogen-bond donors (Lipinski definition) is 0. The molecule has 0 aromatic rings. The number of rotatable bonds is 10. The molecule has 0 saturated carbocycles. The molecule has 0 spiro atoms. The van der Waals surface area contributed by atoms with Crippen LogP contribution in [0.2, 0.25) is 0 Å². The van der Waals surface area contributed by atoms with E-state index < -0.39 is 0 Å². The van der Waals surface area contributed by atoms with E-state index in [1.807, 2.05) is 0 Å². The van der Waals surface area contributed by atoms with E-state index in [0.717, 1.165) is 25.6 Å². The summed E-state index contributed by atoms with van der Waals surface area (Å²) in [6.07, 6.45) is 5.63. The number of methoxy groups -OCH3 is 1. The van der Waals surface area contributed by atoms with Crippen molar-refractivity contribution in [3.8, 4) is 0 Å². The molecule has 0 bridgehead atoms. The Labute approximate surface area is 107 Å². The van der Waals surface area contributed by atoms with Crippen LogP contribution in [0, 0.1) is 5.92 Å². The van der Waals surface area contributed by atoms with Crippen molar-refractivity contribution in [2.45, 2.75) is 52.9 Å². The van der Waals surface area contributed by atoms with Gasteiger partial charge in [0.05, 0.1) is 13.5 Å². The number of hydrogen-bond acceptors (Lipinski definition) is 3. The van der Waals surface area contributed by atoms with Gasteiger partial charge >= 0.3 is 5.97 Å². The van der Waals surface area contributed by atoms with E-state index in [1.165, 1.54) is 32.8 Å². The van der Waals surface area contributed by atoms with Gasteiger partial charge < -0.3 is 9.64 Å². The molecular weight excluding hydrogens is 214 g/mol. The van der Waals surface area contributed by atoms with Crippen molar-refractivity contribution in [3.05, 3.63) is 0 Å². The fourth-order valence-electron chi connectivity index (χ4n) is 2.01. The predicted octanol–water partition coefficient (Wildman–Crippen LogP) is 3.09. The van der Waals surface area contributed by atoms with Crippen molar-refractivity contribution in [1.29, 1.82) is 0 Å². The van der Waals surface area contributed by atoms with Crippen LogP contribution in [0.3, 0.4) is 0 Å². The molecule has 0 fully saturated rings. The minimum Gasteiger partial charge on any atom is -0.469 e. The van der Waals surface area contributed by atoms with Crippen molar-refractivity contribution in [1.82, 2.24) is 4.90 Å². The highest BCUT2D eigenvalue weighted by molar-refractivity contribution is 5.69. The standard InChI is InChI=1S/C14H29NO2/c1-5-8-9-13(6-2)12-15(7-3)11-10-14(16)17-4/h13H,5-12H2,1-4H3. The summed E-state index contributed by atoms with van der Waals surface area (Å²) in [5, 5.41) is 0. The Kier molecular flexibility index (Phi) is 10.2. The molecule has 0 aromatic heterocycles. The van der Waals surface area contributed by atoms with Gasteiger partial charge in [0.25, 0.3) is 0 Å². The average molecular weight is 243 g/mol. The van der Waals surface area contributed by atoms with Gasteiger partial charge in [-0.25, -0.2) is 0 Å². The second-order valence-electron chi connectivity index (χ2n) is 4.64. The van der Waals surface area contributed by atoms with Gasteiger partial charge in [0.2, 0.25) is 0 Å². The van der Waals surface area contributed by atoms with Crippen LogP contribution in [-0.2, 0) is 9.53 Å². The molecule has 0 rings (SSSR count). The highest BCUT2D eigenvalue weighted by atomic mass is 16.5. The molecule has 0 aliphatic carbocycles. The molecular formula is C14H29NO2. The second kappa shape index (κ2) is 10.6. The minimum atomic E-state index is -0.106. The fourth-order valence-corrected chi connectivity index (χ4v) is 2.01. The molecule has 0 N–H and O–H groups in total. The lowest BCUT2D eigenvalue weighted by molar-refractivity contribution is -0.141. The number of ether oxygens (including phenoxy) is 1. The molecule has 0 radical (unpaired) electrons. The Morgan fingerprint density at radius 3 is 2.47 bits per heavy atom. The summed E-state index contributed by atoms with van der Waals surface area (Å²) < 4.78 is 4.68. The molecule has 102 valence electrons. The highest BCUT2D eigenvalue weighted by Crippen LogP contribution is 2.14. The maximum absolute atomic E-state index is 11.1. The van der Waals surface area contributed by atoms with Gasteiger partial charge in [0.1, 0.15) is 0 Å². The van der Waals surface area contributed by atoms with Crippen molar-refractivity contribution in [3.63, 3.8) is 0 Å². The molecule has 0 aliphatic heterocycles. The third-order valence-corrected chi connectivity index (χ3v) is 3.37. The quantitative estimate of drug-likeness (QED) is 0.552. The normalized spacial score (nSPS) is 12.8. The molecule has 0 heterocycles. The first-order chi connectivity index (χ1) is 8.17. The third-order valence-electron chi connectivity index (χ3n) is 3.37. The van der Waals surface area contributed by atoms with Gasteiger partial charge in [-0.15, -0.1) is 0 Å². The number of carbonyl (C=O) groups excluding carboxylic acids is 1. The van der Waals surface area contributed by atoms with Crippen LogP contribution in [0.15, 0.2) is 0 Å². The van der Waals surface area contributed by atoms with Crippen LogP contribution in [0.1, 0.15) is 52.9 Å². The van der Waals surface area contributed by atoms with Gasteiger partial charge in [0, 0.05) is 13.1 Å². The van der Waals surface area contributed by atoms with E-state index in [0.29, 0.717) is 6.42 Å². The molecule has 0 aliphatic rings. The maximum Gasteiger partial charge on any atom is 0.306 e. The smallest absolute Gasteiger partial charge is 0.306 e. The zero-order valence-electron chi connectivity index (χ0n) is 12.0. The van der Waals surface area contributed by atoms with Gasteiger partial charge in [-0.3, -0.25) is 4.79 Å². The van der Waals surface area contributed by atoms with Gasteiger partial charge in [-0.05, 0) is 18.9 Å². The van der Waals surface area contributed by atoms with Gasteiger partial charge in [-0.2, -0.15) is 0 Å². The van der Waals surface area contributed by atoms with Gasteiger partial charge in [-0.1, -0.05) is 40.0 Å². The Hall–Kier alpha value is -0.570. The number of carbonyl (C=O) groups is 1. The fraction of sp³-hybridized carbons (Fsp3) is 0.929. The average Bonchev–Trinajstić information content (AvgIpc) is 2.37. The van der Waals surface area contributed by atoms with Crippen LogP contribution in [0.4, 0.5) is 0 Å². The van der Waals surface area contributed by atoms with E-state index in [-0.39, 0.29) is 5.97 Å². The molecule has 0 saturated heterocycles. The Morgan fingerprint density at radius 2 is 2.00 bits per heavy atom. The van der Waals surface area contributed by atoms with Crippen molar-refractivity contribution in [2.24, 2.45) is 5.92 Å². The molecule has 3 heteroatoms. The number of unbranched alkanes of at least 4 members (excludes halogenated alkanes) is 1. The first kappa shape index (κ1) is 16.4. The maximum atomic E-state index is 11.1. The predicted molar refractivity (Wildman–Crippen MR) is 72.1 cm³/mol. The number of esters is 1. The summed E-state index contributed by atoms with van der Waals surface area (Å²) in [4.78, 5) is 13.5. The minimum absolute atomic E-state index is 0.106. The first-order valence-electron chi connectivity index (χ1n) is 6.96. The molecule has 1 atom stereocenters. The molecule has 0 aromatic carbocycles. The summed E-state index contributed by atoms with van der Waals surface area (Å²) in [6, 6.07) is 0. The summed E-state index contributed by atoms with van der Waals surface area (Å²) in [5.41, 5.74) is 0. The first-order valence-corrected chi connectivity index (χ1v) is 6.96. The molecule has 0 amide bonds. The van der Waals surface area contributed by atoms with Crippen molar-refractivity contribution >= 4 is 5.97 Å². The van der Waals surface area contributed by atoms with Gasteiger partial charge in [0.15, 0.2) is 0 Å².